The van der Waals surface area contributed by atoms with Crippen LogP contribution in [0.5, 0.6) is 23.0 Å². The molecule has 0 bridgehead atoms. The molecular weight excluding hydrogens is 779 g/mol. The van der Waals surface area contributed by atoms with Crippen molar-refractivity contribution in [1.29, 1.82) is 0 Å². The molecule has 2 unspecified atom stereocenters. The van der Waals surface area contributed by atoms with E-state index in [1.54, 1.807) is 60.7 Å². The average Bonchev–Trinajstić information content (AvgIpc) is 3.51. The molecule has 4 heterocycles. The number of ether oxygens (including phenoxy) is 4. The molecule has 4 amide bonds. The Morgan fingerprint density at radius 1 is 0.448 bits per heavy atom. The summed E-state index contributed by atoms with van der Waals surface area (Å²) in [5, 5.41) is 5.18. The summed E-state index contributed by atoms with van der Waals surface area (Å²) < 4.78 is 23.8. The van der Waals surface area contributed by atoms with Crippen LogP contribution in [-0.4, -0.2) is 50.1 Å². The lowest BCUT2D eigenvalue weighted by molar-refractivity contribution is 0.0877. The van der Waals surface area contributed by atoms with Gasteiger partial charge in [0.1, 0.15) is 0 Å². The van der Waals surface area contributed by atoms with Crippen LogP contribution in [0.2, 0.25) is 10.0 Å². The van der Waals surface area contributed by atoms with Gasteiger partial charge in [-0.2, -0.15) is 0 Å². The van der Waals surface area contributed by atoms with Crippen LogP contribution < -0.4 is 28.7 Å². The van der Waals surface area contributed by atoms with Gasteiger partial charge >= 0.3 is 0 Å². The number of rotatable bonds is 2. The summed E-state index contributed by atoms with van der Waals surface area (Å²) in [4.78, 5) is 60.6. The third kappa shape index (κ3) is 4.67. The first-order valence-electron chi connectivity index (χ1n) is 19.1. The Balaban J connectivity index is 1.13. The summed E-state index contributed by atoms with van der Waals surface area (Å²) in [5.74, 6) is 0.232. The monoisotopic (exact) mass is 810 g/mol. The molecule has 0 saturated heterocycles. The number of hydrogen-bond acceptors (Lipinski definition) is 8. The summed E-state index contributed by atoms with van der Waals surface area (Å²) in [6.45, 7) is 9.68. The molecule has 11 rings (SSSR count). The number of carbonyl (C=O) groups is 4. The molecule has 0 N–H and O–H groups in total. The fraction of sp³-hybridized carbons (Fsp3) is 0.217. The van der Waals surface area contributed by atoms with Crippen molar-refractivity contribution in [2.75, 3.05) is 36.2 Å². The topological polar surface area (TPSA) is 112 Å². The third-order valence-corrected chi connectivity index (χ3v) is 12.4. The van der Waals surface area contributed by atoms with Gasteiger partial charge < -0.3 is 18.9 Å². The van der Waals surface area contributed by atoms with Crippen LogP contribution in [0.1, 0.15) is 66.4 Å². The Morgan fingerprint density at radius 2 is 0.793 bits per heavy atom. The van der Waals surface area contributed by atoms with E-state index >= 15 is 0 Å². The Kier molecular flexibility index (Phi) is 7.39. The van der Waals surface area contributed by atoms with E-state index in [1.807, 2.05) is 27.7 Å². The van der Waals surface area contributed by atoms with Crippen LogP contribution in [0.15, 0.2) is 60.7 Å². The summed E-state index contributed by atoms with van der Waals surface area (Å²) in [5.41, 5.74) is 3.35. The molecule has 7 aromatic rings. The molecule has 0 saturated carbocycles. The van der Waals surface area contributed by atoms with Gasteiger partial charge in [-0.25, -0.2) is 9.80 Å². The number of anilines is 2. The third-order valence-electron chi connectivity index (χ3n) is 11.8. The zero-order valence-corrected chi connectivity index (χ0v) is 33.2. The van der Waals surface area contributed by atoms with Crippen LogP contribution in [0, 0.1) is 25.7 Å². The molecule has 0 aliphatic carbocycles. The molecule has 7 aromatic carbocycles. The lowest BCUT2D eigenvalue weighted by Gasteiger charge is -2.32. The summed E-state index contributed by atoms with van der Waals surface area (Å²) in [7, 11) is 0. The zero-order valence-electron chi connectivity index (χ0n) is 31.7. The molecule has 0 spiro atoms. The maximum Gasteiger partial charge on any atom is 0.266 e. The van der Waals surface area contributed by atoms with Crippen LogP contribution >= 0.6 is 23.2 Å². The first kappa shape index (κ1) is 35.1. The largest absolute Gasteiger partial charge is 0.489 e. The second kappa shape index (κ2) is 12.2. The fourth-order valence-electron chi connectivity index (χ4n) is 9.18. The van der Waals surface area contributed by atoms with E-state index in [9.17, 15) is 19.2 Å². The standard InChI is InChI=1S/C46H32Cl2N2O8/c1-19-15-55-31-7-5-23(11-33(31)57-17-19)49-43(51)25-9-21(3)35-36-22(4)10-26-38-28(14-30(48)40(42(36)38)39-29(47)13-27(45(49)53)37(25)41(35)39)46(54)50(44(26)52)24-6-8-32-34(12-24)58-18-20(2)16-56-32/h5-14,19-20H,15-18H2,1-4H3. The summed E-state index contributed by atoms with van der Waals surface area (Å²) in [6, 6.07) is 16.9. The van der Waals surface area contributed by atoms with Crippen molar-refractivity contribution in [3.63, 3.8) is 0 Å². The molecule has 58 heavy (non-hydrogen) atoms. The summed E-state index contributed by atoms with van der Waals surface area (Å²) in [6.07, 6.45) is 0. The predicted molar refractivity (Wildman–Crippen MR) is 223 cm³/mol. The van der Waals surface area contributed by atoms with Crippen molar-refractivity contribution < 1.29 is 38.1 Å². The number of imide groups is 2. The normalized spacial score (nSPS) is 18.9. The first-order valence-corrected chi connectivity index (χ1v) is 19.8. The maximum atomic E-state index is 14.6. The van der Waals surface area contributed by atoms with Gasteiger partial charge in [0, 0.05) is 77.5 Å². The van der Waals surface area contributed by atoms with Gasteiger partial charge in [-0.05, 0) is 84.3 Å². The molecule has 12 heteroatoms. The lowest BCUT2D eigenvalue weighted by Crippen LogP contribution is -2.41. The Morgan fingerprint density at radius 3 is 1.17 bits per heavy atom. The molecule has 4 aliphatic rings. The van der Waals surface area contributed by atoms with Crippen LogP contribution in [0.3, 0.4) is 0 Å². The smallest absolute Gasteiger partial charge is 0.266 e. The van der Waals surface area contributed by atoms with Gasteiger partial charge in [-0.3, -0.25) is 19.2 Å². The molecule has 4 aliphatic heterocycles. The van der Waals surface area contributed by atoms with E-state index in [-0.39, 0.29) is 33.0 Å². The van der Waals surface area contributed by atoms with E-state index in [2.05, 4.69) is 0 Å². The number of nitrogens with zero attached hydrogens (tertiary/aromatic N) is 2. The van der Waals surface area contributed by atoms with Crippen molar-refractivity contribution in [2.45, 2.75) is 27.7 Å². The summed E-state index contributed by atoms with van der Waals surface area (Å²) >= 11 is 14.5. The van der Waals surface area contributed by atoms with Crippen molar-refractivity contribution in [3.05, 3.63) is 104 Å². The number of benzene rings is 7. The zero-order chi connectivity index (χ0) is 40.0. The average molecular weight is 812 g/mol. The highest BCUT2D eigenvalue weighted by atomic mass is 35.5. The highest BCUT2D eigenvalue weighted by Gasteiger charge is 2.40. The van der Waals surface area contributed by atoms with Crippen molar-refractivity contribution in [1.82, 2.24) is 0 Å². The van der Waals surface area contributed by atoms with Crippen LogP contribution in [0.25, 0.3) is 43.1 Å². The highest BCUT2D eigenvalue weighted by molar-refractivity contribution is 6.53. The van der Waals surface area contributed by atoms with Gasteiger partial charge in [0.25, 0.3) is 23.6 Å². The Hall–Kier alpha value is -6.10. The number of fused-ring (bicyclic) bond motifs is 4. The lowest BCUT2D eigenvalue weighted by atomic mass is 9.79. The molecule has 0 aromatic heterocycles. The Bertz CT molecular complexity index is 2770. The maximum absolute atomic E-state index is 14.6. The molecule has 10 nitrogen and oxygen atoms in total. The van der Waals surface area contributed by atoms with E-state index < -0.39 is 23.6 Å². The van der Waals surface area contributed by atoms with Gasteiger partial charge in [0.05, 0.1) is 48.9 Å². The number of hydrogen-bond donors (Lipinski definition) is 0. The Labute approximate surface area is 341 Å². The molecule has 2 atom stereocenters. The van der Waals surface area contributed by atoms with Gasteiger partial charge in [0.2, 0.25) is 0 Å². The van der Waals surface area contributed by atoms with Crippen molar-refractivity contribution in [2.24, 2.45) is 11.8 Å². The van der Waals surface area contributed by atoms with Gasteiger partial charge in [-0.1, -0.05) is 37.0 Å². The minimum absolute atomic E-state index is 0.162. The number of amides is 4. The number of carbonyl (C=O) groups excluding carboxylic acids is 4. The number of aryl methyl sites for hydroxylation is 2. The second-order valence-corrected chi connectivity index (χ2v) is 16.7. The molecule has 0 radical (unpaired) electrons. The quantitative estimate of drug-likeness (QED) is 0.0964. The second-order valence-electron chi connectivity index (χ2n) is 15.9. The fourth-order valence-corrected chi connectivity index (χ4v) is 9.78. The van der Waals surface area contributed by atoms with Gasteiger partial charge in [0.15, 0.2) is 23.0 Å². The molecule has 288 valence electrons. The van der Waals surface area contributed by atoms with E-state index in [4.69, 9.17) is 42.1 Å². The molecule has 0 fully saturated rings. The minimum Gasteiger partial charge on any atom is -0.489 e. The van der Waals surface area contributed by atoms with Crippen LogP contribution in [0.4, 0.5) is 11.4 Å². The van der Waals surface area contributed by atoms with Crippen molar-refractivity contribution in [3.8, 4) is 23.0 Å². The van der Waals surface area contributed by atoms with Crippen LogP contribution in [-0.2, 0) is 0 Å². The number of halogens is 2. The van der Waals surface area contributed by atoms with E-state index in [0.29, 0.717) is 104 Å². The van der Waals surface area contributed by atoms with Crippen molar-refractivity contribution >= 4 is 101 Å². The highest BCUT2D eigenvalue weighted by Crippen LogP contribution is 2.53. The van der Waals surface area contributed by atoms with E-state index in [1.165, 1.54) is 0 Å². The van der Waals surface area contributed by atoms with Gasteiger partial charge in [-0.15, -0.1) is 0 Å². The predicted octanol–water partition coefficient (Wildman–Crippen LogP) is 10.1. The minimum atomic E-state index is -0.539. The SMILES string of the molecule is Cc1cc2c3c(cc(Cl)c4c5c(Cl)cc6c7c(cc(C)c(c1c34)c75)C(=O)N(c1ccc3c(c1)OCC(C)CO3)C6=O)C(=O)N(c1ccc3c(c1)OCC(C)CO3)C2=O. The first-order chi connectivity index (χ1) is 27.9. The molecular formula is C46H32Cl2N2O8. The van der Waals surface area contributed by atoms with E-state index in [0.717, 1.165) is 31.7 Å².